The van der Waals surface area contributed by atoms with E-state index in [0.717, 1.165) is 0 Å². The Labute approximate surface area is 164 Å². The SMILES string of the molecule is CCN(CC)S(=O)(=O)c1c(C)nn(CCOc2cc(Cl)ccc2Cl)c1C. The lowest BCUT2D eigenvalue weighted by atomic mass is 10.3. The third kappa shape index (κ3) is 4.34. The van der Waals surface area contributed by atoms with Gasteiger partial charge in [-0.3, -0.25) is 4.68 Å². The van der Waals surface area contributed by atoms with Gasteiger partial charge in [-0.25, -0.2) is 8.42 Å². The van der Waals surface area contributed by atoms with E-state index in [0.29, 0.717) is 46.8 Å². The van der Waals surface area contributed by atoms with Gasteiger partial charge in [0.2, 0.25) is 10.0 Å². The van der Waals surface area contributed by atoms with Crippen LogP contribution in [0.15, 0.2) is 23.1 Å². The lowest BCUT2D eigenvalue weighted by molar-refractivity contribution is 0.289. The maximum Gasteiger partial charge on any atom is 0.246 e. The molecule has 0 aliphatic carbocycles. The smallest absolute Gasteiger partial charge is 0.246 e. The highest BCUT2D eigenvalue weighted by atomic mass is 35.5. The first kappa shape index (κ1) is 21.0. The fourth-order valence-corrected chi connectivity index (χ4v) is 4.96. The van der Waals surface area contributed by atoms with Crippen LogP contribution in [0.3, 0.4) is 0 Å². The molecule has 0 spiro atoms. The zero-order valence-corrected chi connectivity index (χ0v) is 17.6. The molecule has 9 heteroatoms. The molecule has 1 aromatic carbocycles. The summed E-state index contributed by atoms with van der Waals surface area (Å²) in [5, 5.41) is 5.37. The summed E-state index contributed by atoms with van der Waals surface area (Å²) in [5.74, 6) is 0.483. The lowest BCUT2D eigenvalue weighted by Gasteiger charge is -2.18. The van der Waals surface area contributed by atoms with E-state index >= 15 is 0 Å². The van der Waals surface area contributed by atoms with Crippen LogP contribution in [-0.2, 0) is 16.6 Å². The highest BCUT2D eigenvalue weighted by molar-refractivity contribution is 7.89. The van der Waals surface area contributed by atoms with E-state index in [1.165, 1.54) is 4.31 Å². The first-order chi connectivity index (χ1) is 12.2. The van der Waals surface area contributed by atoms with Crippen molar-refractivity contribution in [2.75, 3.05) is 19.7 Å². The van der Waals surface area contributed by atoms with Crippen molar-refractivity contribution in [1.82, 2.24) is 14.1 Å². The fraction of sp³-hybridized carbons (Fsp3) is 0.471. The summed E-state index contributed by atoms with van der Waals surface area (Å²) in [5.41, 5.74) is 1.07. The second-order valence-electron chi connectivity index (χ2n) is 5.74. The fourth-order valence-electron chi connectivity index (χ4n) is 2.79. The van der Waals surface area contributed by atoms with E-state index in [2.05, 4.69) is 5.10 Å². The lowest BCUT2D eigenvalue weighted by Crippen LogP contribution is -2.31. The Hall–Kier alpha value is -1.28. The summed E-state index contributed by atoms with van der Waals surface area (Å²) in [4.78, 5) is 0.266. The van der Waals surface area contributed by atoms with E-state index in [4.69, 9.17) is 27.9 Å². The molecule has 0 saturated heterocycles. The highest BCUT2D eigenvalue weighted by Crippen LogP contribution is 2.28. The molecule has 0 bridgehead atoms. The van der Waals surface area contributed by atoms with Gasteiger partial charge in [0.15, 0.2) is 0 Å². The van der Waals surface area contributed by atoms with Gasteiger partial charge in [0.05, 0.1) is 23.0 Å². The molecule has 1 aromatic heterocycles. The highest BCUT2D eigenvalue weighted by Gasteiger charge is 2.29. The Balaban J connectivity index is 2.19. The summed E-state index contributed by atoms with van der Waals surface area (Å²) < 4.78 is 34.4. The summed E-state index contributed by atoms with van der Waals surface area (Å²) in [6.07, 6.45) is 0. The van der Waals surface area contributed by atoms with Crippen molar-refractivity contribution in [2.45, 2.75) is 39.1 Å². The molecular formula is C17H23Cl2N3O3S. The van der Waals surface area contributed by atoms with E-state index < -0.39 is 10.0 Å². The van der Waals surface area contributed by atoms with Gasteiger partial charge in [-0.05, 0) is 26.0 Å². The summed E-state index contributed by atoms with van der Waals surface area (Å²) in [6.45, 7) is 8.60. The van der Waals surface area contributed by atoms with Gasteiger partial charge in [-0.15, -0.1) is 0 Å². The molecule has 0 unspecified atom stereocenters. The van der Waals surface area contributed by atoms with E-state index in [-0.39, 0.29) is 11.5 Å². The maximum absolute atomic E-state index is 12.8. The van der Waals surface area contributed by atoms with Crippen LogP contribution in [0, 0.1) is 13.8 Å². The molecular weight excluding hydrogens is 397 g/mol. The van der Waals surface area contributed by atoms with Gasteiger partial charge in [0.1, 0.15) is 17.3 Å². The number of halogens is 2. The predicted molar refractivity (Wildman–Crippen MR) is 104 cm³/mol. The Morgan fingerprint density at radius 3 is 2.46 bits per heavy atom. The minimum Gasteiger partial charge on any atom is -0.490 e. The number of nitrogens with zero attached hydrogens (tertiary/aromatic N) is 3. The number of ether oxygens (including phenoxy) is 1. The van der Waals surface area contributed by atoms with Gasteiger partial charge in [-0.1, -0.05) is 37.0 Å². The molecule has 6 nitrogen and oxygen atoms in total. The Morgan fingerprint density at radius 2 is 1.85 bits per heavy atom. The Bertz CT molecular complexity index is 878. The molecule has 2 rings (SSSR count). The minimum absolute atomic E-state index is 0.266. The molecule has 1 heterocycles. The first-order valence-electron chi connectivity index (χ1n) is 8.34. The van der Waals surface area contributed by atoms with Gasteiger partial charge in [-0.2, -0.15) is 9.40 Å². The van der Waals surface area contributed by atoms with Crippen LogP contribution in [0.25, 0.3) is 0 Å². The van der Waals surface area contributed by atoms with Gasteiger partial charge >= 0.3 is 0 Å². The number of benzene rings is 1. The van der Waals surface area contributed by atoms with Gasteiger partial charge in [0.25, 0.3) is 0 Å². The molecule has 2 aromatic rings. The standard InChI is InChI=1S/C17H23Cl2N3O3S/c1-5-21(6-2)26(23,24)17-12(3)20-22(13(17)4)9-10-25-16-11-14(18)7-8-15(16)19/h7-8,11H,5-6,9-10H2,1-4H3. The zero-order chi connectivity index (χ0) is 19.5. The zero-order valence-electron chi connectivity index (χ0n) is 15.3. The molecule has 0 aliphatic rings. The van der Waals surface area contributed by atoms with Crippen molar-refractivity contribution in [3.05, 3.63) is 39.6 Å². The van der Waals surface area contributed by atoms with Crippen molar-refractivity contribution in [3.8, 4) is 5.75 Å². The van der Waals surface area contributed by atoms with Crippen molar-refractivity contribution in [2.24, 2.45) is 0 Å². The van der Waals surface area contributed by atoms with Crippen LogP contribution < -0.4 is 4.74 Å². The van der Waals surface area contributed by atoms with E-state index in [1.54, 1.807) is 36.7 Å². The van der Waals surface area contributed by atoms with Crippen molar-refractivity contribution >= 4 is 33.2 Å². The molecule has 0 saturated carbocycles. The number of sulfonamides is 1. The van der Waals surface area contributed by atoms with Crippen LogP contribution in [0.2, 0.25) is 10.0 Å². The Morgan fingerprint density at radius 1 is 1.19 bits per heavy atom. The van der Waals surface area contributed by atoms with Crippen LogP contribution >= 0.6 is 23.2 Å². The number of rotatable bonds is 8. The third-order valence-electron chi connectivity index (χ3n) is 4.07. The predicted octanol–water partition coefficient (Wildman–Crippen LogP) is 3.92. The molecule has 0 aliphatic heterocycles. The molecule has 0 atom stereocenters. The number of aryl methyl sites for hydroxylation is 1. The number of hydrogen-bond acceptors (Lipinski definition) is 4. The molecule has 26 heavy (non-hydrogen) atoms. The van der Waals surface area contributed by atoms with Crippen molar-refractivity contribution in [3.63, 3.8) is 0 Å². The normalized spacial score (nSPS) is 12.0. The monoisotopic (exact) mass is 419 g/mol. The molecule has 0 fully saturated rings. The van der Waals surface area contributed by atoms with Crippen LogP contribution in [0.4, 0.5) is 0 Å². The molecule has 0 amide bonds. The molecule has 0 N–H and O–H groups in total. The number of hydrogen-bond donors (Lipinski definition) is 0. The maximum atomic E-state index is 12.8. The van der Waals surface area contributed by atoms with E-state index in [9.17, 15) is 8.42 Å². The van der Waals surface area contributed by atoms with E-state index in [1.807, 2.05) is 13.8 Å². The van der Waals surface area contributed by atoms with Gasteiger partial charge in [0, 0.05) is 24.2 Å². The number of aromatic nitrogens is 2. The third-order valence-corrected chi connectivity index (χ3v) is 6.92. The van der Waals surface area contributed by atoms with Crippen LogP contribution in [0.1, 0.15) is 25.2 Å². The van der Waals surface area contributed by atoms with Crippen molar-refractivity contribution < 1.29 is 13.2 Å². The summed E-state index contributed by atoms with van der Waals surface area (Å²) >= 11 is 12.0. The largest absolute Gasteiger partial charge is 0.490 e. The second kappa shape index (κ2) is 8.61. The topological polar surface area (TPSA) is 64.4 Å². The second-order valence-corrected chi connectivity index (χ2v) is 8.45. The summed E-state index contributed by atoms with van der Waals surface area (Å²) in [7, 11) is -3.56. The summed E-state index contributed by atoms with van der Waals surface area (Å²) in [6, 6.07) is 4.99. The van der Waals surface area contributed by atoms with Gasteiger partial charge < -0.3 is 4.74 Å². The first-order valence-corrected chi connectivity index (χ1v) is 10.5. The quantitative estimate of drug-likeness (QED) is 0.650. The average molecular weight is 420 g/mol. The average Bonchev–Trinajstić information content (AvgIpc) is 2.86. The molecule has 0 radical (unpaired) electrons. The Kier molecular flexibility index (Phi) is 6.96. The minimum atomic E-state index is -3.56. The molecule has 144 valence electrons. The van der Waals surface area contributed by atoms with Crippen LogP contribution in [0.5, 0.6) is 5.75 Å². The van der Waals surface area contributed by atoms with Crippen LogP contribution in [-0.4, -0.2) is 42.2 Å². The van der Waals surface area contributed by atoms with Crippen molar-refractivity contribution in [1.29, 1.82) is 0 Å².